The molecule has 2 atom stereocenters. The Hall–Kier alpha value is -2.55. The fourth-order valence-electron chi connectivity index (χ4n) is 4.63. The molecule has 0 bridgehead atoms. The highest BCUT2D eigenvalue weighted by atomic mass is 16.4. The molecule has 2 unspecified atom stereocenters. The molecule has 0 N–H and O–H groups in total. The van der Waals surface area contributed by atoms with Gasteiger partial charge in [0.1, 0.15) is 5.58 Å². The SMILES string of the molecule is CC1CCCC(C)N1c1ccc2c(-c3ccc(C(C)(C)C)cc3)cc(=O)oc2c1. The van der Waals surface area contributed by atoms with E-state index in [0.717, 1.165) is 22.2 Å². The molecule has 3 heteroatoms. The second-order valence-corrected chi connectivity index (χ2v) is 9.52. The molecule has 1 fully saturated rings. The molecule has 3 nitrogen and oxygen atoms in total. The fourth-order valence-corrected chi connectivity index (χ4v) is 4.63. The molecule has 1 saturated heterocycles. The van der Waals surface area contributed by atoms with Gasteiger partial charge in [0.2, 0.25) is 0 Å². The van der Waals surface area contributed by atoms with Crippen LogP contribution >= 0.6 is 0 Å². The zero-order valence-electron chi connectivity index (χ0n) is 18.2. The van der Waals surface area contributed by atoms with Crippen LogP contribution in [0.2, 0.25) is 0 Å². The minimum Gasteiger partial charge on any atom is -0.423 e. The maximum absolute atomic E-state index is 12.3. The van der Waals surface area contributed by atoms with Gasteiger partial charge in [-0.2, -0.15) is 0 Å². The molecule has 152 valence electrons. The number of benzene rings is 2. The van der Waals surface area contributed by atoms with Gasteiger partial charge in [-0.1, -0.05) is 45.0 Å². The second-order valence-electron chi connectivity index (χ2n) is 9.52. The molecule has 0 radical (unpaired) electrons. The molecule has 2 heterocycles. The van der Waals surface area contributed by atoms with E-state index >= 15 is 0 Å². The summed E-state index contributed by atoms with van der Waals surface area (Å²) in [5.74, 6) is 0. The molecule has 3 aromatic rings. The van der Waals surface area contributed by atoms with E-state index in [1.807, 2.05) is 6.07 Å². The van der Waals surface area contributed by atoms with E-state index in [9.17, 15) is 4.79 Å². The quantitative estimate of drug-likeness (QED) is 0.468. The van der Waals surface area contributed by atoms with Crippen LogP contribution in [-0.4, -0.2) is 12.1 Å². The number of rotatable bonds is 2. The summed E-state index contributed by atoms with van der Waals surface area (Å²) >= 11 is 0. The Labute approximate surface area is 173 Å². The Morgan fingerprint density at radius 2 is 1.59 bits per heavy atom. The van der Waals surface area contributed by atoms with Crippen molar-refractivity contribution in [1.82, 2.24) is 0 Å². The van der Waals surface area contributed by atoms with Crippen LogP contribution in [0, 0.1) is 0 Å². The van der Waals surface area contributed by atoms with Crippen molar-refractivity contribution in [2.75, 3.05) is 4.90 Å². The van der Waals surface area contributed by atoms with Crippen molar-refractivity contribution >= 4 is 16.7 Å². The summed E-state index contributed by atoms with van der Waals surface area (Å²) in [6, 6.07) is 17.5. The maximum Gasteiger partial charge on any atom is 0.336 e. The third-order valence-electron chi connectivity index (χ3n) is 6.28. The number of anilines is 1. The van der Waals surface area contributed by atoms with Crippen molar-refractivity contribution in [3.8, 4) is 11.1 Å². The van der Waals surface area contributed by atoms with Gasteiger partial charge in [0.15, 0.2) is 0 Å². The molecule has 29 heavy (non-hydrogen) atoms. The first-order chi connectivity index (χ1) is 13.7. The van der Waals surface area contributed by atoms with E-state index in [1.165, 1.54) is 24.8 Å². The van der Waals surface area contributed by atoms with Crippen LogP contribution in [0.4, 0.5) is 5.69 Å². The largest absolute Gasteiger partial charge is 0.423 e. The summed E-state index contributed by atoms with van der Waals surface area (Å²) in [6.45, 7) is 11.2. The zero-order chi connectivity index (χ0) is 20.8. The van der Waals surface area contributed by atoms with Crippen LogP contribution in [0.3, 0.4) is 0 Å². The molecule has 0 aliphatic carbocycles. The highest BCUT2D eigenvalue weighted by Gasteiger charge is 2.25. The average molecular weight is 390 g/mol. The third-order valence-corrected chi connectivity index (χ3v) is 6.28. The molecule has 1 aromatic heterocycles. The molecule has 2 aromatic carbocycles. The minimum atomic E-state index is -0.302. The van der Waals surface area contributed by atoms with Gasteiger partial charge in [-0.05, 0) is 67.3 Å². The summed E-state index contributed by atoms with van der Waals surface area (Å²) in [7, 11) is 0. The highest BCUT2D eigenvalue weighted by Crippen LogP contribution is 2.34. The van der Waals surface area contributed by atoms with Crippen LogP contribution in [0.5, 0.6) is 0 Å². The monoisotopic (exact) mass is 389 g/mol. The summed E-state index contributed by atoms with van der Waals surface area (Å²) in [4.78, 5) is 14.8. The third kappa shape index (κ3) is 3.83. The van der Waals surface area contributed by atoms with Gasteiger partial charge in [-0.25, -0.2) is 4.79 Å². The topological polar surface area (TPSA) is 33.5 Å². The zero-order valence-corrected chi connectivity index (χ0v) is 18.2. The van der Waals surface area contributed by atoms with Gasteiger partial charge >= 0.3 is 5.63 Å². The molecule has 1 aliphatic rings. The summed E-state index contributed by atoms with van der Waals surface area (Å²) < 4.78 is 5.62. The van der Waals surface area contributed by atoms with Crippen molar-refractivity contribution in [1.29, 1.82) is 0 Å². The van der Waals surface area contributed by atoms with Crippen LogP contribution in [0.25, 0.3) is 22.1 Å². The molecular formula is C26H31NO2. The summed E-state index contributed by atoms with van der Waals surface area (Å²) in [5, 5.41) is 0.981. The van der Waals surface area contributed by atoms with Crippen molar-refractivity contribution in [3.63, 3.8) is 0 Å². The number of hydrogen-bond donors (Lipinski definition) is 0. The lowest BCUT2D eigenvalue weighted by Gasteiger charge is -2.41. The first-order valence-electron chi connectivity index (χ1n) is 10.7. The minimum absolute atomic E-state index is 0.104. The Morgan fingerprint density at radius 1 is 0.931 bits per heavy atom. The van der Waals surface area contributed by atoms with E-state index < -0.39 is 0 Å². The van der Waals surface area contributed by atoms with Crippen LogP contribution in [-0.2, 0) is 5.41 Å². The Balaban J connectivity index is 1.79. The normalized spacial score (nSPS) is 20.2. The molecule has 0 saturated carbocycles. The Morgan fingerprint density at radius 3 is 2.21 bits per heavy atom. The molecule has 1 aliphatic heterocycles. The lowest BCUT2D eigenvalue weighted by Crippen LogP contribution is -2.43. The van der Waals surface area contributed by atoms with Gasteiger partial charge in [0.25, 0.3) is 0 Å². The van der Waals surface area contributed by atoms with Gasteiger partial charge < -0.3 is 9.32 Å². The lowest BCUT2D eigenvalue weighted by molar-refractivity contribution is 0.414. The fraction of sp³-hybridized carbons (Fsp3) is 0.423. The number of fused-ring (bicyclic) bond motifs is 1. The van der Waals surface area contributed by atoms with Gasteiger partial charge in [-0.15, -0.1) is 0 Å². The Kier molecular flexibility index (Phi) is 5.02. The van der Waals surface area contributed by atoms with Crippen LogP contribution in [0.1, 0.15) is 59.4 Å². The van der Waals surface area contributed by atoms with Crippen molar-refractivity contribution in [3.05, 3.63) is 64.5 Å². The molecule has 0 amide bonds. The smallest absolute Gasteiger partial charge is 0.336 e. The highest BCUT2D eigenvalue weighted by molar-refractivity contribution is 5.94. The lowest BCUT2D eigenvalue weighted by atomic mass is 9.86. The van der Waals surface area contributed by atoms with Gasteiger partial charge in [0.05, 0.1) is 0 Å². The van der Waals surface area contributed by atoms with Crippen LogP contribution < -0.4 is 10.5 Å². The number of piperidine rings is 1. The van der Waals surface area contributed by atoms with Crippen molar-refractivity contribution in [2.45, 2.75) is 71.4 Å². The molecule has 4 rings (SSSR count). The van der Waals surface area contributed by atoms with E-state index in [0.29, 0.717) is 17.7 Å². The van der Waals surface area contributed by atoms with E-state index in [2.05, 4.69) is 75.9 Å². The summed E-state index contributed by atoms with van der Waals surface area (Å²) in [6.07, 6.45) is 3.68. The predicted octanol–water partition coefficient (Wildman–Crippen LogP) is 6.52. The first kappa shape index (κ1) is 19.8. The second kappa shape index (κ2) is 7.37. The standard InChI is InChI=1S/C26H31NO2/c1-17-7-6-8-18(2)27(17)21-13-14-22-23(16-25(28)29-24(22)15-21)19-9-11-20(12-10-19)26(3,4)5/h9-18H,6-8H2,1-5H3. The van der Waals surface area contributed by atoms with Crippen molar-refractivity contribution in [2.24, 2.45) is 0 Å². The van der Waals surface area contributed by atoms with Crippen LogP contribution in [0.15, 0.2) is 57.7 Å². The van der Waals surface area contributed by atoms with E-state index in [1.54, 1.807) is 6.07 Å². The predicted molar refractivity (Wildman–Crippen MR) is 122 cm³/mol. The average Bonchev–Trinajstić information content (AvgIpc) is 2.66. The molecule has 0 spiro atoms. The maximum atomic E-state index is 12.3. The number of hydrogen-bond acceptors (Lipinski definition) is 3. The van der Waals surface area contributed by atoms with E-state index in [4.69, 9.17) is 4.42 Å². The summed E-state index contributed by atoms with van der Waals surface area (Å²) in [5.41, 5.74) is 4.86. The van der Waals surface area contributed by atoms with E-state index in [-0.39, 0.29) is 11.0 Å². The number of nitrogens with zero attached hydrogens (tertiary/aromatic N) is 1. The Bertz CT molecular complexity index is 1060. The molecular weight excluding hydrogens is 358 g/mol. The van der Waals surface area contributed by atoms with Crippen molar-refractivity contribution < 1.29 is 4.42 Å². The first-order valence-corrected chi connectivity index (χ1v) is 10.7. The van der Waals surface area contributed by atoms with Gasteiger partial charge in [0, 0.05) is 35.3 Å². The van der Waals surface area contributed by atoms with Gasteiger partial charge in [-0.3, -0.25) is 0 Å².